The molecule has 154 valence electrons. The van der Waals surface area contributed by atoms with Gasteiger partial charge in [-0.1, -0.05) is 50.6 Å². The zero-order valence-corrected chi connectivity index (χ0v) is 17.8. The minimum atomic E-state index is -0.0489. The van der Waals surface area contributed by atoms with Crippen LogP contribution in [0.2, 0.25) is 0 Å². The van der Waals surface area contributed by atoms with Gasteiger partial charge >= 0.3 is 0 Å². The van der Waals surface area contributed by atoms with Gasteiger partial charge in [-0.05, 0) is 42.2 Å². The van der Waals surface area contributed by atoms with Gasteiger partial charge in [0.25, 0.3) is 11.8 Å². The van der Waals surface area contributed by atoms with E-state index < -0.39 is 0 Å². The van der Waals surface area contributed by atoms with Crippen molar-refractivity contribution in [3.63, 3.8) is 0 Å². The van der Waals surface area contributed by atoms with E-state index in [0.29, 0.717) is 37.5 Å². The zero-order chi connectivity index (χ0) is 21.0. The van der Waals surface area contributed by atoms with Crippen LogP contribution in [0.3, 0.4) is 0 Å². The van der Waals surface area contributed by atoms with Crippen LogP contribution in [-0.2, 0) is 10.2 Å². The lowest BCUT2D eigenvalue weighted by atomic mass is 9.86. The molecule has 0 N–H and O–H groups in total. The summed E-state index contributed by atoms with van der Waals surface area (Å²) in [5.74, 6) is 0.664. The molecule has 0 bridgehead atoms. The Morgan fingerprint density at radius 2 is 1.41 bits per heavy atom. The van der Waals surface area contributed by atoms with E-state index in [9.17, 15) is 9.59 Å². The first-order valence-corrected chi connectivity index (χ1v) is 10.1. The summed E-state index contributed by atoms with van der Waals surface area (Å²) in [4.78, 5) is 28.8. The van der Waals surface area contributed by atoms with E-state index >= 15 is 0 Å². The lowest BCUT2D eigenvalue weighted by molar-refractivity contribution is -0.134. The highest BCUT2D eigenvalue weighted by Crippen LogP contribution is 2.22. The van der Waals surface area contributed by atoms with Gasteiger partial charge in [0, 0.05) is 31.7 Å². The van der Waals surface area contributed by atoms with Crippen LogP contribution in [0, 0.1) is 6.92 Å². The topological polar surface area (TPSA) is 49.9 Å². The molecule has 5 nitrogen and oxygen atoms in total. The fourth-order valence-electron chi connectivity index (χ4n) is 3.33. The monoisotopic (exact) mass is 394 g/mol. The van der Waals surface area contributed by atoms with E-state index in [0.717, 1.165) is 5.56 Å². The molecule has 1 fully saturated rings. The first-order valence-electron chi connectivity index (χ1n) is 10.1. The number of hydrogen-bond acceptors (Lipinski definition) is 3. The Hall–Kier alpha value is -2.82. The molecule has 0 saturated carbocycles. The smallest absolute Gasteiger partial charge is 0.260 e. The summed E-state index contributed by atoms with van der Waals surface area (Å²) < 4.78 is 5.59. The fraction of sp³-hybridized carbons (Fsp3) is 0.417. The van der Waals surface area contributed by atoms with E-state index in [1.54, 1.807) is 4.90 Å². The van der Waals surface area contributed by atoms with Crippen molar-refractivity contribution in [3.8, 4) is 5.75 Å². The van der Waals surface area contributed by atoms with Gasteiger partial charge in [0.15, 0.2) is 6.61 Å². The maximum absolute atomic E-state index is 12.8. The largest absolute Gasteiger partial charge is 0.484 e. The average molecular weight is 395 g/mol. The van der Waals surface area contributed by atoms with Crippen LogP contribution >= 0.6 is 0 Å². The van der Waals surface area contributed by atoms with Crippen LogP contribution in [-0.4, -0.2) is 54.4 Å². The minimum absolute atomic E-state index is 0.0191. The number of hydrogen-bond donors (Lipinski definition) is 0. The van der Waals surface area contributed by atoms with Gasteiger partial charge in [-0.2, -0.15) is 0 Å². The van der Waals surface area contributed by atoms with Crippen LogP contribution in [0.1, 0.15) is 42.3 Å². The summed E-state index contributed by atoms with van der Waals surface area (Å²) in [6.07, 6.45) is 0. The summed E-state index contributed by atoms with van der Waals surface area (Å²) in [6.45, 7) is 10.6. The standard InChI is InChI=1S/C24H30N2O3/c1-18-5-11-21(12-6-18)29-17-22(27)25-13-15-26(16-14-25)23(28)19-7-9-20(10-8-19)24(2,3)4/h5-12H,13-17H2,1-4H3. The average Bonchev–Trinajstić information content (AvgIpc) is 2.72. The Morgan fingerprint density at radius 1 is 0.862 bits per heavy atom. The number of carbonyl (C=O) groups is 2. The van der Waals surface area contributed by atoms with Gasteiger partial charge < -0.3 is 14.5 Å². The van der Waals surface area contributed by atoms with Gasteiger partial charge in [0.1, 0.15) is 5.75 Å². The quantitative estimate of drug-likeness (QED) is 0.795. The molecule has 0 unspecified atom stereocenters. The van der Waals surface area contributed by atoms with Crippen molar-refractivity contribution in [2.24, 2.45) is 0 Å². The Kier molecular flexibility index (Phi) is 6.26. The maximum Gasteiger partial charge on any atom is 0.260 e. The molecule has 0 radical (unpaired) electrons. The van der Waals surface area contributed by atoms with Crippen LogP contribution < -0.4 is 4.74 Å². The number of benzene rings is 2. The van der Waals surface area contributed by atoms with Crippen molar-refractivity contribution >= 4 is 11.8 Å². The normalized spacial score (nSPS) is 14.6. The predicted molar refractivity (Wildman–Crippen MR) is 114 cm³/mol. The van der Waals surface area contributed by atoms with Gasteiger partial charge in [-0.25, -0.2) is 0 Å². The SMILES string of the molecule is Cc1ccc(OCC(=O)N2CCN(C(=O)c3ccc(C(C)(C)C)cc3)CC2)cc1. The Balaban J connectivity index is 1.49. The second-order valence-electron chi connectivity index (χ2n) is 8.60. The van der Waals surface area contributed by atoms with Crippen molar-refractivity contribution in [3.05, 3.63) is 65.2 Å². The van der Waals surface area contributed by atoms with Crippen LogP contribution in [0.5, 0.6) is 5.75 Å². The number of amides is 2. The van der Waals surface area contributed by atoms with Gasteiger partial charge in [0.05, 0.1) is 0 Å². The van der Waals surface area contributed by atoms with Crippen LogP contribution in [0.15, 0.2) is 48.5 Å². The molecule has 2 amide bonds. The second-order valence-corrected chi connectivity index (χ2v) is 8.60. The zero-order valence-electron chi connectivity index (χ0n) is 17.8. The van der Waals surface area contributed by atoms with Gasteiger partial charge in [-0.15, -0.1) is 0 Å². The van der Waals surface area contributed by atoms with Crippen molar-refractivity contribution in [2.75, 3.05) is 32.8 Å². The molecule has 2 aromatic carbocycles. The molecule has 1 saturated heterocycles. The van der Waals surface area contributed by atoms with Crippen LogP contribution in [0.4, 0.5) is 0 Å². The molecular formula is C24H30N2O3. The third kappa shape index (κ3) is 5.37. The Bertz CT molecular complexity index is 843. The van der Waals surface area contributed by atoms with E-state index in [-0.39, 0.29) is 23.8 Å². The van der Waals surface area contributed by atoms with E-state index in [1.807, 2.05) is 60.4 Å². The van der Waals surface area contributed by atoms with E-state index in [2.05, 4.69) is 20.8 Å². The first kappa shape index (κ1) is 20.9. The molecule has 0 aliphatic carbocycles. The van der Waals surface area contributed by atoms with E-state index in [1.165, 1.54) is 5.56 Å². The summed E-state index contributed by atoms with van der Waals surface area (Å²) in [5, 5.41) is 0. The minimum Gasteiger partial charge on any atom is -0.484 e. The molecule has 1 aliphatic heterocycles. The summed E-state index contributed by atoms with van der Waals surface area (Å²) in [5.41, 5.74) is 3.12. The van der Waals surface area contributed by atoms with Crippen LogP contribution in [0.25, 0.3) is 0 Å². The fourth-order valence-corrected chi connectivity index (χ4v) is 3.33. The number of rotatable bonds is 4. The lowest BCUT2D eigenvalue weighted by Gasteiger charge is -2.34. The van der Waals surface area contributed by atoms with Gasteiger partial charge in [-0.3, -0.25) is 9.59 Å². The summed E-state index contributed by atoms with van der Waals surface area (Å²) in [7, 11) is 0. The molecule has 2 aromatic rings. The van der Waals surface area contributed by atoms with Crippen molar-refractivity contribution in [1.82, 2.24) is 9.80 Å². The Labute approximate surface area is 173 Å². The molecule has 0 spiro atoms. The molecule has 1 heterocycles. The summed E-state index contributed by atoms with van der Waals surface area (Å²) >= 11 is 0. The highest BCUT2D eigenvalue weighted by molar-refractivity contribution is 5.94. The van der Waals surface area contributed by atoms with Crippen molar-refractivity contribution in [2.45, 2.75) is 33.1 Å². The third-order valence-electron chi connectivity index (χ3n) is 5.30. The third-order valence-corrected chi connectivity index (χ3v) is 5.30. The number of piperazine rings is 1. The highest BCUT2D eigenvalue weighted by atomic mass is 16.5. The Morgan fingerprint density at radius 3 is 1.97 bits per heavy atom. The number of nitrogens with zero attached hydrogens (tertiary/aromatic N) is 2. The molecule has 29 heavy (non-hydrogen) atoms. The second kappa shape index (κ2) is 8.68. The van der Waals surface area contributed by atoms with Crippen molar-refractivity contribution in [1.29, 1.82) is 0 Å². The predicted octanol–water partition coefficient (Wildman–Crippen LogP) is 3.66. The lowest BCUT2D eigenvalue weighted by Crippen LogP contribution is -2.51. The molecule has 5 heteroatoms. The summed E-state index contributed by atoms with van der Waals surface area (Å²) in [6, 6.07) is 15.5. The molecule has 0 aromatic heterocycles. The van der Waals surface area contributed by atoms with Crippen molar-refractivity contribution < 1.29 is 14.3 Å². The maximum atomic E-state index is 12.8. The molecule has 1 aliphatic rings. The highest BCUT2D eigenvalue weighted by Gasteiger charge is 2.25. The number of carbonyl (C=O) groups excluding carboxylic acids is 2. The first-order chi connectivity index (χ1) is 13.7. The number of aryl methyl sites for hydroxylation is 1. The molecular weight excluding hydrogens is 364 g/mol. The molecule has 0 atom stereocenters. The number of ether oxygens (including phenoxy) is 1. The van der Waals surface area contributed by atoms with Gasteiger partial charge in [0.2, 0.25) is 0 Å². The molecule has 3 rings (SSSR count). The van der Waals surface area contributed by atoms with E-state index in [4.69, 9.17) is 4.74 Å².